The van der Waals surface area contributed by atoms with Crippen molar-refractivity contribution in [2.75, 3.05) is 69.0 Å². The number of methoxy groups -OCH3 is 6. The Morgan fingerprint density at radius 2 is 0.863 bits per heavy atom. The third kappa shape index (κ3) is 22.5. The Balaban J connectivity index is 0.000000581. The fraction of sp³-hybridized carbons (Fsp3) is 0.323. The molecule has 0 spiro atoms. The number of fused-ring (bicyclic) bond motifs is 2. The SMILES string of the molecule is C=Cc1cc(OC)c(OC)cc1CN(Cc1ccccc1)Cc1ccccc1.CCO.CCO.COc1cc2c(cc1OC)CNCC2.COc1cc2c(cc1OC)C[N+](Cc1ccccc1)(Cc1ccccc1)CC2.Cl.[Br-].[Na+].[OH-]. The van der Waals surface area contributed by atoms with Crippen molar-refractivity contribution in [1.82, 2.24) is 10.2 Å². The van der Waals surface area contributed by atoms with Crippen LogP contribution < -0.4 is 80.3 Å². The Labute approximate surface area is 516 Å². The molecule has 0 aromatic heterocycles. The Hall–Kier alpha value is -5.39. The van der Waals surface area contributed by atoms with E-state index in [1.165, 1.54) is 50.1 Å². The summed E-state index contributed by atoms with van der Waals surface area (Å²) in [6.45, 7) is 16.5. The predicted molar refractivity (Wildman–Crippen MR) is 318 cm³/mol. The molecule has 2 heterocycles. The van der Waals surface area contributed by atoms with E-state index in [2.05, 4.69) is 168 Å². The van der Waals surface area contributed by atoms with Crippen LogP contribution in [0.1, 0.15) is 69.5 Å². The molecule has 0 unspecified atom stereocenters. The summed E-state index contributed by atoms with van der Waals surface area (Å²) in [5.74, 6) is 4.75. The van der Waals surface area contributed by atoms with Gasteiger partial charge in [0.05, 0.1) is 49.2 Å². The summed E-state index contributed by atoms with van der Waals surface area (Å²) < 4.78 is 33.6. The molecule has 80 heavy (non-hydrogen) atoms. The first-order valence-corrected chi connectivity index (χ1v) is 26.1. The number of benzene rings is 7. The number of nitrogens with one attached hydrogen (secondary N) is 1. The van der Waals surface area contributed by atoms with Gasteiger partial charge in [0.2, 0.25) is 0 Å². The van der Waals surface area contributed by atoms with Gasteiger partial charge in [-0.3, -0.25) is 4.90 Å². The van der Waals surface area contributed by atoms with Crippen molar-refractivity contribution in [3.05, 3.63) is 220 Å². The van der Waals surface area contributed by atoms with Gasteiger partial charge < -0.3 is 70.9 Å². The molecule has 0 atom stereocenters. The third-order valence-corrected chi connectivity index (χ3v) is 13.1. The smallest absolute Gasteiger partial charge is 1.00 e. The third-order valence-electron chi connectivity index (χ3n) is 13.1. The van der Waals surface area contributed by atoms with Gasteiger partial charge in [-0.05, 0) is 102 Å². The minimum Gasteiger partial charge on any atom is -1.00 e. The van der Waals surface area contributed by atoms with E-state index in [9.17, 15) is 0 Å². The molecule has 9 rings (SSSR count). The fourth-order valence-electron chi connectivity index (χ4n) is 9.57. The van der Waals surface area contributed by atoms with Crippen LogP contribution in [-0.4, -0.2) is 94.0 Å². The summed E-state index contributed by atoms with van der Waals surface area (Å²) in [6, 6.07) is 55.3. The number of nitrogens with zero attached hydrogens (tertiary/aromatic N) is 2. The maximum Gasteiger partial charge on any atom is 1.00 e. The van der Waals surface area contributed by atoms with Gasteiger partial charge in [0, 0.05) is 62.5 Å². The zero-order valence-electron chi connectivity index (χ0n) is 48.5. The maximum absolute atomic E-state index is 7.57. The van der Waals surface area contributed by atoms with Crippen molar-refractivity contribution in [3.8, 4) is 34.5 Å². The summed E-state index contributed by atoms with van der Waals surface area (Å²) in [5.41, 5.74) is 13.0. The minimum absolute atomic E-state index is 0. The number of ether oxygens (including phenoxy) is 6. The van der Waals surface area contributed by atoms with Gasteiger partial charge in [-0.1, -0.05) is 134 Å². The van der Waals surface area contributed by atoms with Crippen molar-refractivity contribution in [2.24, 2.45) is 0 Å². The maximum atomic E-state index is 7.57. The Morgan fingerprint density at radius 3 is 1.26 bits per heavy atom. The van der Waals surface area contributed by atoms with Crippen molar-refractivity contribution in [1.29, 1.82) is 0 Å². The Morgan fingerprint density at radius 1 is 0.512 bits per heavy atom. The van der Waals surface area contributed by atoms with E-state index in [4.69, 9.17) is 38.6 Å². The van der Waals surface area contributed by atoms with Crippen LogP contribution in [0, 0.1) is 0 Å². The summed E-state index contributed by atoms with van der Waals surface area (Å²) >= 11 is 0. The number of hydrogen-bond donors (Lipinski definition) is 3. The quantitative estimate of drug-likeness (QED) is 0.0718. The van der Waals surface area contributed by atoms with Gasteiger partial charge in [-0.15, -0.1) is 12.4 Å². The van der Waals surface area contributed by atoms with Crippen LogP contribution in [0.5, 0.6) is 34.5 Å². The molecular formula is C65H84BrClN3NaO9. The topological polar surface area (TPSA) is 141 Å². The van der Waals surface area contributed by atoms with E-state index in [1.807, 2.05) is 12.1 Å². The number of hydrogen-bond acceptors (Lipinski definition) is 11. The molecule has 7 aromatic rings. The molecule has 0 bridgehead atoms. The van der Waals surface area contributed by atoms with Gasteiger partial charge in [0.25, 0.3) is 0 Å². The van der Waals surface area contributed by atoms with Gasteiger partial charge in [0.1, 0.15) is 19.6 Å². The van der Waals surface area contributed by atoms with Crippen LogP contribution in [0.15, 0.2) is 164 Å². The van der Waals surface area contributed by atoms with Gasteiger partial charge in [0.15, 0.2) is 34.5 Å². The number of halogens is 2. The normalized spacial score (nSPS) is 12.0. The molecule has 0 saturated heterocycles. The molecule has 7 aromatic carbocycles. The average molecular weight is 1190 g/mol. The van der Waals surface area contributed by atoms with Gasteiger partial charge in [-0.25, -0.2) is 0 Å². The average Bonchev–Trinajstić information content (AvgIpc) is 3.46. The first-order chi connectivity index (χ1) is 37.1. The number of rotatable bonds is 17. The Kier molecular flexibility index (Phi) is 36.2. The second-order valence-electron chi connectivity index (χ2n) is 18.5. The second kappa shape index (κ2) is 39.9. The van der Waals surface area contributed by atoms with E-state index in [0.717, 1.165) is 116 Å². The van der Waals surface area contributed by atoms with E-state index < -0.39 is 0 Å². The van der Waals surface area contributed by atoms with Crippen LogP contribution in [-0.2, 0) is 58.7 Å². The Bertz CT molecular complexity index is 2660. The predicted octanol–water partition coefficient (Wildman–Crippen LogP) is 6.13. The molecule has 0 aliphatic carbocycles. The van der Waals surface area contributed by atoms with Crippen molar-refractivity contribution in [2.45, 2.75) is 72.5 Å². The van der Waals surface area contributed by atoms with E-state index in [1.54, 1.807) is 56.5 Å². The standard InChI is InChI=1S/C25H28NO2.C25H27NO2.C11H15NO2.2C2H6O.BrH.ClH.Na.H2O/c1-27-24-15-22-13-14-26(17-20-9-5-3-6-10-20,18-21-11-7-4-8-12-21)19-23(22)16-25(24)28-2;1-4-22-15-24(27-2)25(28-3)16-23(22)19-26(17-20-11-7-5-8-12-20)18-21-13-9-6-10-14-21;1-13-10-5-8-3-4-12-7-9(8)6-11(10)14-2;2*1-2-3;;;;/h3-12,15-16H,13-14,17-19H2,1-2H3;4-16H,1,17-19H2,2-3H3;5-6,12H,3-4,7H2,1-2H3;2*3H,2H2,1H3;2*1H;;1H2/q+1;;;;;;;+1;/p-2. The summed E-state index contributed by atoms with van der Waals surface area (Å²) in [6.07, 6.45) is 3.99. The molecule has 4 N–H and O–H groups in total. The minimum atomic E-state index is 0. The van der Waals surface area contributed by atoms with E-state index in [-0.39, 0.29) is 77.6 Å². The molecule has 0 saturated carbocycles. The van der Waals surface area contributed by atoms with Crippen molar-refractivity contribution < 1.29 is 95.1 Å². The zero-order chi connectivity index (χ0) is 54.5. The van der Waals surface area contributed by atoms with E-state index in [0.29, 0.717) is 0 Å². The van der Waals surface area contributed by atoms with Crippen LogP contribution in [0.2, 0.25) is 0 Å². The molecule has 2 aliphatic heterocycles. The first kappa shape index (κ1) is 72.6. The van der Waals surface area contributed by atoms with Crippen LogP contribution >= 0.6 is 12.4 Å². The number of aliphatic hydroxyl groups excluding tert-OH is 2. The van der Waals surface area contributed by atoms with Crippen molar-refractivity contribution in [3.63, 3.8) is 0 Å². The first-order valence-electron chi connectivity index (χ1n) is 26.1. The van der Waals surface area contributed by atoms with Crippen molar-refractivity contribution >= 4 is 18.5 Å². The molecule has 0 fully saturated rings. The molecule has 15 heteroatoms. The molecule has 0 radical (unpaired) electrons. The summed E-state index contributed by atoms with van der Waals surface area (Å²) in [4.78, 5) is 2.43. The van der Waals surface area contributed by atoms with E-state index >= 15 is 0 Å². The largest absolute Gasteiger partial charge is 1.00 e. The molecule has 0 amide bonds. The fourth-order valence-corrected chi connectivity index (χ4v) is 9.57. The van der Waals surface area contributed by atoms with Crippen LogP contribution in [0.4, 0.5) is 0 Å². The number of quaternary nitrogens is 1. The second-order valence-corrected chi connectivity index (χ2v) is 18.5. The molecule has 2 aliphatic rings. The van der Waals surface area contributed by atoms with Gasteiger partial charge >= 0.3 is 29.6 Å². The monoisotopic (exact) mass is 1190 g/mol. The molecule has 428 valence electrons. The molecule has 12 nitrogen and oxygen atoms in total. The zero-order valence-corrected chi connectivity index (χ0v) is 52.9. The van der Waals surface area contributed by atoms with Crippen LogP contribution in [0.3, 0.4) is 0 Å². The summed E-state index contributed by atoms with van der Waals surface area (Å²) in [5, 5.41) is 18.5. The summed E-state index contributed by atoms with van der Waals surface area (Å²) in [7, 11) is 10.1. The van der Waals surface area contributed by atoms with Crippen LogP contribution in [0.25, 0.3) is 6.08 Å². The number of aliphatic hydroxyl groups is 2. The molecular weight excluding hydrogens is 1110 g/mol. The van der Waals surface area contributed by atoms with Gasteiger partial charge in [-0.2, -0.15) is 0 Å².